The van der Waals surface area contributed by atoms with Gasteiger partial charge in [-0.25, -0.2) is 14.7 Å². The van der Waals surface area contributed by atoms with E-state index in [1.54, 1.807) is 6.07 Å². The summed E-state index contributed by atoms with van der Waals surface area (Å²) < 4.78 is 21.6. The van der Waals surface area contributed by atoms with Crippen molar-refractivity contribution in [2.75, 3.05) is 6.61 Å². The number of rotatable bonds is 6. The molecule has 6 nitrogen and oxygen atoms in total. The van der Waals surface area contributed by atoms with E-state index in [2.05, 4.69) is 40.6 Å². The molecule has 1 aliphatic carbocycles. The molecule has 1 amide bonds. The third-order valence-corrected chi connectivity index (χ3v) is 9.37. The summed E-state index contributed by atoms with van der Waals surface area (Å²) in [4.78, 5) is 22.5. The second-order valence-corrected chi connectivity index (χ2v) is 18.8. The van der Waals surface area contributed by atoms with Gasteiger partial charge in [-0.3, -0.25) is 4.99 Å². The van der Waals surface area contributed by atoms with E-state index in [0.29, 0.717) is 21.8 Å². The molecule has 0 aromatic carbocycles. The molecule has 0 saturated heterocycles. The van der Waals surface area contributed by atoms with Gasteiger partial charge in [-0.05, 0) is 41.4 Å². The number of carboxylic acid groups (broad SMARTS) is 1. The summed E-state index contributed by atoms with van der Waals surface area (Å²) in [6.45, 7) is 15.1. The lowest BCUT2D eigenvalue weighted by Gasteiger charge is -2.41. The predicted octanol–water partition coefficient (Wildman–Crippen LogP) is 6.40. The number of nitrogens with zero attached hydrogens (tertiary/aromatic N) is 3. The summed E-state index contributed by atoms with van der Waals surface area (Å²) in [5.41, 5.74) is -0.976. The van der Waals surface area contributed by atoms with Gasteiger partial charge in [0.2, 0.25) is 5.95 Å². The van der Waals surface area contributed by atoms with Crippen molar-refractivity contribution >= 4 is 47.0 Å². The molecule has 1 saturated carbocycles. The number of amides is 1. The highest BCUT2D eigenvalue weighted by molar-refractivity contribution is 9.10. The maximum atomic E-state index is 14.7. The summed E-state index contributed by atoms with van der Waals surface area (Å²) in [7, 11) is -1.35. The largest absolute Gasteiger partial charge is 0.465 e. The fraction of sp³-hybridized carbons (Fsp3) is 0.682. The van der Waals surface area contributed by atoms with Crippen molar-refractivity contribution in [3.8, 4) is 0 Å². The van der Waals surface area contributed by atoms with Gasteiger partial charge in [-0.2, -0.15) is 4.39 Å². The molecule has 3 unspecified atom stereocenters. The minimum Gasteiger partial charge on any atom is -0.465 e. The van der Waals surface area contributed by atoms with Gasteiger partial charge in [0, 0.05) is 47.5 Å². The smallest absolute Gasteiger partial charge is 0.415 e. The molecule has 1 aliphatic heterocycles. The SMILES string of the molecule is CC(C)(C)C(OCC[Si](C)(C)C)N(C(=O)O)C1=N[C@](C)(c2cc(Br)cnc2F)C2CC2S1. The van der Waals surface area contributed by atoms with Gasteiger partial charge in [0.25, 0.3) is 0 Å². The molecule has 1 aromatic rings. The summed E-state index contributed by atoms with van der Waals surface area (Å²) in [5, 5.41) is 10.8. The van der Waals surface area contributed by atoms with Crippen molar-refractivity contribution in [1.82, 2.24) is 9.88 Å². The zero-order valence-electron chi connectivity index (χ0n) is 19.8. The first-order valence-corrected chi connectivity index (χ1v) is 16.2. The number of pyridine rings is 1. The molecule has 1 aromatic heterocycles. The van der Waals surface area contributed by atoms with Crippen molar-refractivity contribution in [1.29, 1.82) is 0 Å². The highest BCUT2D eigenvalue weighted by Gasteiger charge is 2.58. The quantitative estimate of drug-likeness (QED) is 0.254. The molecule has 178 valence electrons. The predicted molar refractivity (Wildman–Crippen MR) is 133 cm³/mol. The zero-order valence-corrected chi connectivity index (χ0v) is 23.2. The number of halogens is 2. The number of aliphatic imine (C=N–C) groups is 1. The molecule has 2 aliphatic rings. The van der Waals surface area contributed by atoms with E-state index < -0.39 is 37.3 Å². The van der Waals surface area contributed by atoms with Gasteiger partial charge in [0.1, 0.15) is 6.23 Å². The number of thioether (sulfide) groups is 1. The molecular formula is C22H33BrFN3O3SSi. The van der Waals surface area contributed by atoms with Crippen LogP contribution in [0.15, 0.2) is 21.7 Å². The third-order valence-electron chi connectivity index (χ3n) is 5.90. The van der Waals surface area contributed by atoms with Crippen LogP contribution in [0.5, 0.6) is 0 Å². The number of ether oxygens (including phenoxy) is 1. The van der Waals surface area contributed by atoms with Crippen LogP contribution in [0.1, 0.15) is 39.7 Å². The Hall–Kier alpha value is -0.973. The standard InChI is InChI=1S/C22H33BrFN3O3SSi/c1-21(2,3)18(30-8-9-32(5,6)7)27(20(28)29)19-26-22(4,14-11-16(14)31-19)15-10-13(23)12-25-17(15)24/h10,12,14,16,18H,8-9,11H2,1-7H3,(H,28,29)/t14?,16?,18?,22-/m0/s1. The van der Waals surface area contributed by atoms with Crippen LogP contribution >= 0.6 is 27.7 Å². The minimum atomic E-state index is -1.35. The number of amidine groups is 1. The van der Waals surface area contributed by atoms with Gasteiger partial charge in [-0.1, -0.05) is 52.2 Å². The van der Waals surface area contributed by atoms with Crippen LogP contribution in [-0.2, 0) is 10.3 Å². The summed E-state index contributed by atoms with van der Waals surface area (Å²) in [6, 6.07) is 2.63. The number of fused-ring (bicyclic) bond motifs is 1. The van der Waals surface area contributed by atoms with E-state index in [1.165, 1.54) is 22.9 Å². The Morgan fingerprint density at radius 2 is 2.12 bits per heavy atom. The zero-order chi connectivity index (χ0) is 24.1. The van der Waals surface area contributed by atoms with Gasteiger partial charge in [0.15, 0.2) is 5.17 Å². The van der Waals surface area contributed by atoms with E-state index in [-0.39, 0.29) is 11.2 Å². The van der Waals surface area contributed by atoms with Crippen LogP contribution in [0.3, 0.4) is 0 Å². The van der Waals surface area contributed by atoms with Gasteiger partial charge in [-0.15, -0.1) is 0 Å². The molecule has 4 atom stereocenters. The van der Waals surface area contributed by atoms with Gasteiger partial charge in [0.05, 0.1) is 5.54 Å². The first kappa shape index (κ1) is 25.6. The van der Waals surface area contributed by atoms with Crippen LogP contribution in [0.25, 0.3) is 0 Å². The molecule has 2 heterocycles. The maximum absolute atomic E-state index is 14.7. The van der Waals surface area contributed by atoms with Crippen molar-refractivity contribution in [3.05, 3.63) is 28.2 Å². The molecule has 0 bridgehead atoms. The van der Waals surface area contributed by atoms with Crippen molar-refractivity contribution in [3.63, 3.8) is 0 Å². The Morgan fingerprint density at radius 3 is 2.69 bits per heavy atom. The summed E-state index contributed by atoms with van der Waals surface area (Å²) in [6.07, 6.45) is 0.455. The number of hydrogen-bond acceptors (Lipinski definition) is 5. The normalized spacial score (nSPS) is 26.2. The van der Waals surface area contributed by atoms with Gasteiger partial charge >= 0.3 is 6.09 Å². The fourth-order valence-electron chi connectivity index (χ4n) is 3.96. The Kier molecular flexibility index (Phi) is 7.21. The lowest BCUT2D eigenvalue weighted by molar-refractivity contribution is -0.0760. The van der Waals surface area contributed by atoms with E-state index in [4.69, 9.17) is 9.73 Å². The molecule has 32 heavy (non-hydrogen) atoms. The Morgan fingerprint density at radius 1 is 1.47 bits per heavy atom. The number of hydrogen-bond donors (Lipinski definition) is 1. The van der Waals surface area contributed by atoms with Crippen LogP contribution in [0.2, 0.25) is 25.7 Å². The van der Waals surface area contributed by atoms with E-state index in [0.717, 1.165) is 12.5 Å². The van der Waals surface area contributed by atoms with Crippen LogP contribution in [-0.4, -0.2) is 52.4 Å². The average molecular weight is 547 g/mol. The van der Waals surface area contributed by atoms with E-state index in [1.807, 2.05) is 27.7 Å². The van der Waals surface area contributed by atoms with Crippen molar-refractivity contribution in [2.45, 2.75) is 76.8 Å². The molecule has 0 radical (unpaired) electrons. The molecule has 3 rings (SSSR count). The molecule has 1 N–H and O–H groups in total. The summed E-state index contributed by atoms with van der Waals surface area (Å²) >= 11 is 4.83. The molecule has 10 heteroatoms. The van der Waals surface area contributed by atoms with Gasteiger partial charge < -0.3 is 9.84 Å². The second-order valence-electron chi connectivity index (χ2n) is 11.1. The Labute approximate surface area is 203 Å². The highest BCUT2D eigenvalue weighted by atomic mass is 79.9. The van der Waals surface area contributed by atoms with Crippen LogP contribution in [0, 0.1) is 17.3 Å². The van der Waals surface area contributed by atoms with Crippen molar-refractivity contribution < 1.29 is 19.0 Å². The lowest BCUT2D eigenvalue weighted by atomic mass is 9.88. The van der Waals surface area contributed by atoms with Crippen LogP contribution in [0.4, 0.5) is 9.18 Å². The lowest BCUT2D eigenvalue weighted by Crippen LogP contribution is -2.52. The third kappa shape index (κ3) is 5.56. The van der Waals surface area contributed by atoms with Crippen LogP contribution < -0.4 is 0 Å². The average Bonchev–Trinajstić information content (AvgIpc) is 3.41. The topological polar surface area (TPSA) is 75.0 Å². The Bertz CT molecular complexity index is 921. The fourth-order valence-corrected chi connectivity index (χ4v) is 6.55. The Balaban J connectivity index is 2.00. The monoisotopic (exact) mass is 545 g/mol. The second kappa shape index (κ2) is 9.00. The maximum Gasteiger partial charge on any atom is 0.415 e. The summed E-state index contributed by atoms with van der Waals surface area (Å²) in [5.74, 6) is -0.435. The highest BCUT2D eigenvalue weighted by Crippen LogP contribution is 2.58. The van der Waals surface area contributed by atoms with E-state index in [9.17, 15) is 14.3 Å². The molecular weight excluding hydrogens is 513 g/mol. The van der Waals surface area contributed by atoms with Crippen molar-refractivity contribution in [2.24, 2.45) is 16.3 Å². The molecule has 0 spiro atoms. The minimum absolute atomic E-state index is 0.137. The number of aromatic nitrogens is 1. The first-order valence-electron chi connectivity index (χ1n) is 10.9. The molecule has 1 fully saturated rings. The first-order chi connectivity index (χ1) is 14.6. The van der Waals surface area contributed by atoms with E-state index >= 15 is 0 Å². The number of carbonyl (C=O) groups is 1.